The molecule has 1 aliphatic carbocycles. The van der Waals surface area contributed by atoms with Gasteiger partial charge in [0.1, 0.15) is 5.52 Å². The highest BCUT2D eigenvalue weighted by molar-refractivity contribution is 6.31. The van der Waals surface area contributed by atoms with Gasteiger partial charge < -0.3 is 9.52 Å². The van der Waals surface area contributed by atoms with E-state index in [2.05, 4.69) is 4.98 Å². The van der Waals surface area contributed by atoms with Crippen molar-refractivity contribution in [2.24, 2.45) is 0 Å². The van der Waals surface area contributed by atoms with E-state index in [1.165, 1.54) is 0 Å². The smallest absolute Gasteiger partial charge is 0.204 e. The molecule has 1 heterocycles. The lowest BCUT2D eigenvalue weighted by atomic mass is 10.1. The van der Waals surface area contributed by atoms with Gasteiger partial charge in [-0.15, -0.1) is 0 Å². The summed E-state index contributed by atoms with van der Waals surface area (Å²) < 4.78 is 5.61. The Bertz CT molecular complexity index is 516. The van der Waals surface area contributed by atoms with Crippen molar-refractivity contribution >= 4 is 22.7 Å². The number of aliphatic hydroxyl groups is 1. The molecule has 1 fully saturated rings. The lowest BCUT2D eigenvalue weighted by Gasteiger charge is -2.03. The van der Waals surface area contributed by atoms with Crippen LogP contribution in [-0.4, -0.2) is 16.7 Å². The first-order valence-electron chi connectivity index (χ1n) is 4.91. The second kappa shape index (κ2) is 2.97. The van der Waals surface area contributed by atoms with Crippen molar-refractivity contribution in [3.63, 3.8) is 0 Å². The van der Waals surface area contributed by atoms with Crippen LogP contribution >= 0.6 is 11.6 Å². The molecule has 0 unspecified atom stereocenters. The van der Waals surface area contributed by atoms with Crippen LogP contribution in [0.5, 0.6) is 0 Å². The Morgan fingerprint density at radius 1 is 1.47 bits per heavy atom. The van der Waals surface area contributed by atoms with Crippen molar-refractivity contribution in [2.75, 3.05) is 6.61 Å². The molecule has 1 aromatic heterocycles. The third-order valence-electron chi connectivity index (χ3n) is 2.96. The number of fused-ring (bicyclic) bond motifs is 1. The summed E-state index contributed by atoms with van der Waals surface area (Å²) in [5.74, 6) is 0.641. The molecule has 3 rings (SSSR count). The monoisotopic (exact) mass is 223 g/mol. The van der Waals surface area contributed by atoms with Gasteiger partial charge in [0.25, 0.3) is 0 Å². The fraction of sp³-hybridized carbons (Fsp3) is 0.364. The molecule has 1 aromatic carbocycles. The summed E-state index contributed by atoms with van der Waals surface area (Å²) in [6, 6.07) is 5.36. The van der Waals surface area contributed by atoms with Crippen molar-refractivity contribution in [3.05, 3.63) is 29.1 Å². The number of nitrogens with zero attached hydrogens (tertiary/aromatic N) is 1. The molecule has 1 aliphatic rings. The highest BCUT2D eigenvalue weighted by atomic mass is 35.5. The van der Waals surface area contributed by atoms with Gasteiger partial charge in [-0.25, -0.2) is 4.98 Å². The molecule has 15 heavy (non-hydrogen) atoms. The topological polar surface area (TPSA) is 46.3 Å². The molecule has 0 bridgehead atoms. The van der Waals surface area contributed by atoms with Crippen molar-refractivity contribution < 1.29 is 9.52 Å². The van der Waals surface area contributed by atoms with Gasteiger partial charge in [-0.1, -0.05) is 11.6 Å². The predicted octanol–water partition coefficient (Wildman–Crippen LogP) is 2.51. The maximum atomic E-state index is 9.26. The third-order valence-corrected chi connectivity index (χ3v) is 3.19. The predicted molar refractivity (Wildman–Crippen MR) is 57.0 cm³/mol. The first-order valence-corrected chi connectivity index (χ1v) is 5.29. The van der Waals surface area contributed by atoms with E-state index in [1.54, 1.807) is 12.1 Å². The largest absolute Gasteiger partial charge is 0.440 e. The Labute approximate surface area is 91.7 Å². The van der Waals surface area contributed by atoms with Crippen LogP contribution in [0.1, 0.15) is 18.7 Å². The minimum atomic E-state index is -0.217. The zero-order valence-corrected chi connectivity index (χ0v) is 8.79. The third kappa shape index (κ3) is 1.34. The molecule has 0 radical (unpaired) electrons. The van der Waals surface area contributed by atoms with Crippen molar-refractivity contribution in [1.29, 1.82) is 0 Å². The van der Waals surface area contributed by atoms with Crippen LogP contribution in [0.4, 0.5) is 0 Å². The number of aromatic nitrogens is 1. The summed E-state index contributed by atoms with van der Waals surface area (Å²) in [6.07, 6.45) is 1.90. The van der Waals surface area contributed by atoms with E-state index in [-0.39, 0.29) is 12.0 Å². The van der Waals surface area contributed by atoms with E-state index in [0.29, 0.717) is 10.9 Å². The molecule has 78 valence electrons. The molecule has 0 aliphatic heterocycles. The highest BCUT2D eigenvalue weighted by Crippen LogP contribution is 2.47. The normalized spacial score (nSPS) is 18.3. The first kappa shape index (κ1) is 9.19. The van der Waals surface area contributed by atoms with Crippen LogP contribution in [0.2, 0.25) is 5.02 Å². The number of rotatable bonds is 2. The average molecular weight is 224 g/mol. The van der Waals surface area contributed by atoms with Gasteiger partial charge in [-0.05, 0) is 31.0 Å². The lowest BCUT2D eigenvalue weighted by Crippen LogP contribution is -2.11. The van der Waals surface area contributed by atoms with Crippen molar-refractivity contribution in [2.45, 2.75) is 18.3 Å². The SMILES string of the molecule is OCC1(c2nc3cc(Cl)ccc3o2)CC1. The van der Waals surface area contributed by atoms with Gasteiger partial charge in [0, 0.05) is 5.02 Å². The lowest BCUT2D eigenvalue weighted by molar-refractivity contribution is 0.235. The van der Waals surface area contributed by atoms with Crippen LogP contribution < -0.4 is 0 Å². The summed E-state index contributed by atoms with van der Waals surface area (Å²) in [5, 5.41) is 9.91. The van der Waals surface area contributed by atoms with Gasteiger partial charge in [0.15, 0.2) is 5.58 Å². The number of halogens is 1. The highest BCUT2D eigenvalue weighted by Gasteiger charge is 2.48. The van der Waals surface area contributed by atoms with Crippen molar-refractivity contribution in [3.8, 4) is 0 Å². The van der Waals surface area contributed by atoms with Gasteiger partial charge in [0.2, 0.25) is 5.89 Å². The molecule has 0 saturated heterocycles. The Morgan fingerprint density at radius 3 is 2.93 bits per heavy atom. The van der Waals surface area contributed by atoms with Gasteiger partial charge >= 0.3 is 0 Å². The molecule has 0 atom stereocenters. The average Bonchev–Trinajstić information content (AvgIpc) is 2.93. The van der Waals surface area contributed by atoms with Crippen LogP contribution in [0.25, 0.3) is 11.1 Å². The van der Waals surface area contributed by atoms with E-state index < -0.39 is 0 Å². The molecule has 0 amide bonds. The van der Waals surface area contributed by atoms with Crippen molar-refractivity contribution in [1.82, 2.24) is 4.98 Å². The molecule has 0 spiro atoms. The molecular weight excluding hydrogens is 214 g/mol. The maximum absolute atomic E-state index is 9.26. The van der Waals surface area contributed by atoms with E-state index in [4.69, 9.17) is 16.0 Å². The van der Waals surface area contributed by atoms with Gasteiger partial charge in [-0.2, -0.15) is 0 Å². The van der Waals surface area contributed by atoms with Crippen LogP contribution in [-0.2, 0) is 5.41 Å². The molecule has 1 saturated carbocycles. The minimum Gasteiger partial charge on any atom is -0.440 e. The Balaban J connectivity index is 2.14. The van der Waals surface area contributed by atoms with E-state index in [9.17, 15) is 5.11 Å². The summed E-state index contributed by atoms with van der Waals surface area (Å²) in [4.78, 5) is 4.37. The second-order valence-corrected chi connectivity index (χ2v) is 4.51. The van der Waals surface area contributed by atoms with Crippen LogP contribution in [0, 0.1) is 0 Å². The number of aliphatic hydroxyl groups excluding tert-OH is 1. The summed E-state index contributed by atoms with van der Waals surface area (Å²) in [6.45, 7) is 0.105. The van der Waals surface area contributed by atoms with E-state index >= 15 is 0 Å². The van der Waals surface area contributed by atoms with Crippen LogP contribution in [0.3, 0.4) is 0 Å². The zero-order chi connectivity index (χ0) is 10.5. The summed E-state index contributed by atoms with van der Waals surface area (Å²) >= 11 is 5.86. The van der Waals surface area contributed by atoms with E-state index in [1.807, 2.05) is 6.07 Å². The Hall–Kier alpha value is -1.06. The molecule has 2 aromatic rings. The summed E-state index contributed by atoms with van der Waals surface area (Å²) in [5.41, 5.74) is 1.28. The van der Waals surface area contributed by atoms with E-state index in [0.717, 1.165) is 23.9 Å². The number of benzene rings is 1. The Kier molecular flexibility index (Phi) is 1.82. The fourth-order valence-electron chi connectivity index (χ4n) is 1.72. The van der Waals surface area contributed by atoms with Gasteiger partial charge in [0.05, 0.1) is 12.0 Å². The quantitative estimate of drug-likeness (QED) is 0.851. The molecular formula is C11H10ClNO2. The van der Waals surface area contributed by atoms with Crippen LogP contribution in [0.15, 0.2) is 22.6 Å². The Morgan fingerprint density at radius 2 is 2.27 bits per heavy atom. The number of hydrogen-bond acceptors (Lipinski definition) is 3. The molecule has 3 nitrogen and oxygen atoms in total. The first-order chi connectivity index (χ1) is 7.23. The second-order valence-electron chi connectivity index (χ2n) is 4.07. The van der Waals surface area contributed by atoms with Gasteiger partial charge in [-0.3, -0.25) is 0 Å². The molecule has 1 N–H and O–H groups in total. The summed E-state index contributed by atoms with van der Waals surface area (Å²) in [7, 11) is 0. The minimum absolute atomic E-state index is 0.105. The fourth-order valence-corrected chi connectivity index (χ4v) is 1.88. The number of hydrogen-bond donors (Lipinski definition) is 1. The standard InChI is InChI=1S/C11H10ClNO2/c12-7-1-2-9-8(5-7)13-10(15-9)11(6-14)3-4-11/h1-2,5,14H,3-4,6H2. The molecule has 4 heteroatoms. The zero-order valence-electron chi connectivity index (χ0n) is 8.03. The number of oxazole rings is 1. The maximum Gasteiger partial charge on any atom is 0.204 e.